The number of rotatable bonds is 78. The van der Waals surface area contributed by atoms with E-state index in [9.17, 15) is 19.0 Å². The summed E-state index contributed by atoms with van der Waals surface area (Å²) in [6, 6.07) is 0. The number of carbonyl (C=O) groups is 2. The minimum absolute atomic E-state index is 0.0546. The smallest absolute Gasteiger partial charge is 0.462 e. The third-order valence-electron chi connectivity index (χ3n) is 18.3. The molecule has 95 heavy (non-hydrogen) atoms. The van der Waals surface area contributed by atoms with E-state index in [0.29, 0.717) is 6.42 Å². The van der Waals surface area contributed by atoms with E-state index >= 15 is 0 Å². The molecule has 0 aromatic heterocycles. The predicted octanol–water partition coefficient (Wildman–Crippen LogP) is 27.7. The lowest BCUT2D eigenvalue weighted by Crippen LogP contribution is -2.29. The highest BCUT2D eigenvalue weighted by molar-refractivity contribution is 7.47. The first kappa shape index (κ1) is 92.2. The molecule has 0 aromatic rings. The molecule has 3 N–H and O–H groups in total. The van der Waals surface area contributed by atoms with Gasteiger partial charge in [-0.3, -0.25) is 18.6 Å². The van der Waals surface area contributed by atoms with Crippen LogP contribution in [0.3, 0.4) is 0 Å². The van der Waals surface area contributed by atoms with E-state index in [0.717, 1.165) is 70.6 Å². The van der Waals surface area contributed by atoms with Gasteiger partial charge in [0.15, 0.2) is 6.10 Å². The van der Waals surface area contributed by atoms with Crippen LogP contribution < -0.4 is 5.73 Å². The van der Waals surface area contributed by atoms with Crippen LogP contribution in [0.25, 0.3) is 0 Å². The molecule has 554 valence electrons. The zero-order chi connectivity index (χ0) is 68.6. The topological polar surface area (TPSA) is 134 Å². The largest absolute Gasteiger partial charge is 0.472 e. The molecular weight excluding hydrogens is 1190 g/mol. The fourth-order valence-corrected chi connectivity index (χ4v) is 13.0. The number of hydrogen-bond donors (Lipinski definition) is 2. The fraction of sp³-hybridized carbons (Fsp3) is 0.812. The van der Waals surface area contributed by atoms with E-state index in [1.807, 2.05) is 0 Å². The van der Waals surface area contributed by atoms with Gasteiger partial charge in [0.25, 0.3) is 0 Å². The highest BCUT2D eigenvalue weighted by atomic mass is 31.2. The SMILES string of the molecule is CC/C=C\C/C=C\C/C=C\C/C=C\CCCCCCCCCCCCCCCCCCCCCCCCCCC(=O)OC(COC(=O)CCCCCCCCCCCCCCCCCCCCCCCC/C=C\C/C=C\C/C=C\CCCCCCC)COP(=O)(O)OCCN. The molecule has 0 bridgehead atoms. The Labute approximate surface area is 589 Å². The minimum Gasteiger partial charge on any atom is -0.462 e. The number of unbranched alkanes of at least 4 members (excludes halogenated alkanes) is 51. The van der Waals surface area contributed by atoms with Gasteiger partial charge in [-0.2, -0.15) is 0 Å². The quantitative estimate of drug-likeness (QED) is 0.0264. The van der Waals surface area contributed by atoms with Crippen LogP contribution in [0.4, 0.5) is 0 Å². The highest BCUT2D eigenvalue weighted by Crippen LogP contribution is 2.43. The minimum atomic E-state index is -4.40. The highest BCUT2D eigenvalue weighted by Gasteiger charge is 2.26. The van der Waals surface area contributed by atoms with Gasteiger partial charge in [0, 0.05) is 19.4 Å². The van der Waals surface area contributed by atoms with Crippen LogP contribution in [0.5, 0.6) is 0 Å². The predicted molar refractivity (Wildman–Crippen MR) is 413 cm³/mol. The Morgan fingerprint density at radius 3 is 0.863 bits per heavy atom. The van der Waals surface area contributed by atoms with Crippen molar-refractivity contribution < 1.29 is 37.6 Å². The molecule has 0 aromatic carbocycles. The van der Waals surface area contributed by atoms with Crippen LogP contribution in [0, 0.1) is 0 Å². The molecule has 0 amide bonds. The van der Waals surface area contributed by atoms with Crippen molar-refractivity contribution in [1.82, 2.24) is 0 Å². The van der Waals surface area contributed by atoms with Gasteiger partial charge in [-0.05, 0) is 89.9 Å². The Hall–Kier alpha value is -2.81. The summed E-state index contributed by atoms with van der Waals surface area (Å²) in [5.74, 6) is -0.805. The van der Waals surface area contributed by atoms with Crippen LogP contribution in [0.2, 0.25) is 0 Å². The Morgan fingerprint density at radius 1 is 0.326 bits per heavy atom. The van der Waals surface area contributed by atoms with Crippen LogP contribution in [0.1, 0.15) is 412 Å². The lowest BCUT2D eigenvalue weighted by molar-refractivity contribution is -0.161. The van der Waals surface area contributed by atoms with E-state index in [1.54, 1.807) is 0 Å². The van der Waals surface area contributed by atoms with Crippen LogP contribution >= 0.6 is 7.82 Å². The summed E-state index contributed by atoms with van der Waals surface area (Å²) in [5, 5.41) is 0. The van der Waals surface area contributed by atoms with Gasteiger partial charge < -0.3 is 20.1 Å². The Kier molecular flexibility index (Phi) is 77.8. The first-order valence-electron chi connectivity index (χ1n) is 41.1. The number of allylic oxidation sites excluding steroid dienone is 14. The molecule has 0 rings (SSSR count). The third-order valence-corrected chi connectivity index (χ3v) is 19.2. The molecule has 9 nitrogen and oxygen atoms in total. The van der Waals surface area contributed by atoms with Gasteiger partial charge >= 0.3 is 19.8 Å². The lowest BCUT2D eigenvalue weighted by atomic mass is 10.0. The second-order valence-electron chi connectivity index (χ2n) is 27.6. The zero-order valence-electron chi connectivity index (χ0n) is 62.7. The fourth-order valence-electron chi connectivity index (χ4n) is 12.2. The third kappa shape index (κ3) is 80.1. The summed E-state index contributed by atoms with van der Waals surface area (Å²) < 4.78 is 33.3. The number of phosphoric ester groups is 1. The van der Waals surface area contributed by atoms with Gasteiger partial charge in [-0.1, -0.05) is 394 Å². The number of ether oxygens (including phenoxy) is 2. The first-order valence-corrected chi connectivity index (χ1v) is 42.6. The van der Waals surface area contributed by atoms with E-state index < -0.39 is 26.5 Å². The lowest BCUT2D eigenvalue weighted by Gasteiger charge is -2.19. The second-order valence-corrected chi connectivity index (χ2v) is 29.1. The van der Waals surface area contributed by atoms with Gasteiger partial charge in [-0.15, -0.1) is 0 Å². The van der Waals surface area contributed by atoms with Crippen molar-refractivity contribution in [2.24, 2.45) is 5.73 Å². The van der Waals surface area contributed by atoms with Crippen molar-refractivity contribution in [3.8, 4) is 0 Å². The van der Waals surface area contributed by atoms with Crippen molar-refractivity contribution in [1.29, 1.82) is 0 Å². The number of nitrogens with two attached hydrogens (primary N) is 1. The number of esters is 2. The van der Waals surface area contributed by atoms with Crippen molar-refractivity contribution >= 4 is 19.8 Å². The van der Waals surface area contributed by atoms with Crippen molar-refractivity contribution in [3.63, 3.8) is 0 Å². The van der Waals surface area contributed by atoms with Gasteiger partial charge in [0.05, 0.1) is 13.2 Å². The van der Waals surface area contributed by atoms with Crippen molar-refractivity contribution in [2.45, 2.75) is 418 Å². The maximum Gasteiger partial charge on any atom is 0.472 e. The monoisotopic (exact) mass is 1350 g/mol. The molecule has 0 saturated carbocycles. The van der Waals surface area contributed by atoms with Crippen LogP contribution in [0.15, 0.2) is 85.1 Å². The molecular formula is C85H156NO8P. The maximum absolute atomic E-state index is 12.8. The summed E-state index contributed by atoms with van der Waals surface area (Å²) in [6.07, 6.45) is 109. The average molecular weight is 1350 g/mol. The summed E-state index contributed by atoms with van der Waals surface area (Å²) >= 11 is 0. The Balaban J connectivity index is 3.75. The normalized spacial score (nSPS) is 13.3. The molecule has 0 aliphatic carbocycles. The molecule has 2 atom stereocenters. The molecule has 0 aliphatic rings. The number of phosphoric acid groups is 1. The van der Waals surface area contributed by atoms with Crippen LogP contribution in [-0.2, 0) is 32.7 Å². The Morgan fingerprint density at radius 2 is 0.579 bits per heavy atom. The summed E-state index contributed by atoms with van der Waals surface area (Å²) in [5.41, 5.74) is 5.42. The maximum atomic E-state index is 12.8. The van der Waals surface area contributed by atoms with E-state index in [2.05, 4.69) is 98.9 Å². The molecule has 0 heterocycles. The zero-order valence-corrected chi connectivity index (χ0v) is 63.6. The van der Waals surface area contributed by atoms with Gasteiger partial charge in [0.1, 0.15) is 6.61 Å². The standard InChI is InChI=1S/C85H156NO8P/c1-3-5-7-9-11-13-15-17-19-21-23-25-27-29-31-33-35-37-39-41-43-45-47-49-51-53-55-57-59-61-63-65-67-69-71-73-75-77-84(87)91-81-83(82-93-95(89,90)92-80-79-86)94-85(88)78-76-74-72-70-68-66-64-62-60-58-56-54-52-50-48-46-44-42-40-38-36-34-32-30-28-26-24-22-20-18-16-14-12-10-8-6-4-2/h6,8,12,14-15,17-18,20-21,23-24,26-27,29,83H,3-5,7,9-11,13,16,19,22,25,28,30-82,86H2,1-2H3,(H,89,90)/b8-6-,14-12-,17-15-,20-18-,23-21-,26-24-,29-27-. The first-order chi connectivity index (χ1) is 46.8. The van der Waals surface area contributed by atoms with E-state index in [-0.39, 0.29) is 38.6 Å². The van der Waals surface area contributed by atoms with Crippen molar-refractivity contribution in [3.05, 3.63) is 85.1 Å². The van der Waals surface area contributed by atoms with Crippen LogP contribution in [-0.4, -0.2) is 49.3 Å². The Bertz CT molecular complexity index is 1840. The van der Waals surface area contributed by atoms with Crippen molar-refractivity contribution in [2.75, 3.05) is 26.4 Å². The molecule has 0 fully saturated rings. The summed E-state index contributed by atoms with van der Waals surface area (Å²) in [7, 11) is -4.40. The molecule has 0 saturated heterocycles. The second kappa shape index (κ2) is 80.2. The van der Waals surface area contributed by atoms with E-state index in [4.69, 9.17) is 24.3 Å². The molecule has 0 radical (unpaired) electrons. The molecule has 2 unspecified atom stereocenters. The van der Waals surface area contributed by atoms with E-state index in [1.165, 1.54) is 308 Å². The summed E-state index contributed by atoms with van der Waals surface area (Å²) in [6.45, 7) is 3.69. The molecule has 0 aliphatic heterocycles. The average Bonchev–Trinajstić information content (AvgIpc) is 2.64. The van der Waals surface area contributed by atoms with Gasteiger partial charge in [0.2, 0.25) is 0 Å². The molecule has 0 spiro atoms. The molecule has 10 heteroatoms. The van der Waals surface area contributed by atoms with Gasteiger partial charge in [-0.25, -0.2) is 4.57 Å². The summed E-state index contributed by atoms with van der Waals surface area (Å²) in [4.78, 5) is 35.5. The number of carbonyl (C=O) groups excluding carboxylic acids is 2. The number of hydrogen-bond acceptors (Lipinski definition) is 8.